The van der Waals surface area contributed by atoms with Gasteiger partial charge in [-0.05, 0) is 25.1 Å². The first kappa shape index (κ1) is 22.6. The number of halogens is 3. The third-order valence-electron chi connectivity index (χ3n) is 6.26. The molecule has 1 saturated heterocycles. The average molecular weight is 493 g/mol. The van der Waals surface area contributed by atoms with Crippen LogP contribution in [0.3, 0.4) is 0 Å². The smallest absolute Gasteiger partial charge is 0.350 e. The first-order valence-corrected chi connectivity index (χ1v) is 12.1. The molecule has 0 amide bonds. The fourth-order valence-electron chi connectivity index (χ4n) is 4.56. The van der Waals surface area contributed by atoms with Crippen molar-refractivity contribution >= 4 is 40.1 Å². The van der Waals surface area contributed by atoms with E-state index in [1.54, 1.807) is 17.7 Å². The fraction of sp³-hybridized carbons (Fsp3) is 0.391. The summed E-state index contributed by atoms with van der Waals surface area (Å²) in [6.07, 6.45) is -0.237. The van der Waals surface area contributed by atoms with E-state index in [4.69, 9.17) is 16.3 Å². The minimum atomic E-state index is -0.709. The summed E-state index contributed by atoms with van der Waals surface area (Å²) in [7, 11) is 1.60. The highest BCUT2D eigenvalue weighted by Crippen LogP contribution is 2.46. The summed E-state index contributed by atoms with van der Waals surface area (Å²) in [5.74, 6) is -0.254. The van der Waals surface area contributed by atoms with Crippen molar-refractivity contribution < 1.29 is 13.5 Å². The van der Waals surface area contributed by atoms with Crippen LogP contribution in [0.4, 0.5) is 14.6 Å². The number of nitrogens with one attached hydrogen (secondary N) is 1. The third kappa shape index (κ3) is 3.90. The lowest BCUT2D eigenvalue weighted by Crippen LogP contribution is -2.51. The fourth-order valence-corrected chi connectivity index (χ4v) is 6.24. The van der Waals surface area contributed by atoms with Gasteiger partial charge in [-0.1, -0.05) is 11.6 Å². The van der Waals surface area contributed by atoms with E-state index >= 15 is 0 Å². The van der Waals surface area contributed by atoms with Crippen molar-refractivity contribution in [1.82, 2.24) is 14.9 Å². The van der Waals surface area contributed by atoms with Crippen LogP contribution in [0, 0.1) is 11.6 Å². The van der Waals surface area contributed by atoms with Gasteiger partial charge in [0.1, 0.15) is 17.5 Å². The van der Waals surface area contributed by atoms with E-state index in [1.165, 1.54) is 23.9 Å². The second-order valence-electron chi connectivity index (χ2n) is 8.33. The normalized spacial score (nSPS) is 20.8. The summed E-state index contributed by atoms with van der Waals surface area (Å²) in [6.45, 7) is 4.64. The van der Waals surface area contributed by atoms with Crippen LogP contribution in [0.15, 0.2) is 34.0 Å². The molecule has 1 aromatic heterocycles. The maximum Gasteiger partial charge on any atom is 0.350 e. The van der Waals surface area contributed by atoms with E-state index in [0.29, 0.717) is 45.7 Å². The minimum Gasteiger partial charge on any atom is -0.379 e. The van der Waals surface area contributed by atoms with Gasteiger partial charge in [-0.15, -0.1) is 11.8 Å². The molecule has 2 aromatic carbocycles. The summed E-state index contributed by atoms with van der Waals surface area (Å²) in [5, 5.41) is 4.40. The lowest BCUT2D eigenvalue weighted by atomic mass is 10.0. The van der Waals surface area contributed by atoms with Crippen molar-refractivity contribution in [2.75, 3.05) is 37.4 Å². The quantitative estimate of drug-likeness (QED) is 0.598. The van der Waals surface area contributed by atoms with E-state index in [2.05, 4.69) is 22.1 Å². The zero-order valence-electron chi connectivity index (χ0n) is 18.2. The van der Waals surface area contributed by atoms with Gasteiger partial charge in [-0.2, -0.15) is 4.98 Å². The molecule has 0 aliphatic carbocycles. The van der Waals surface area contributed by atoms with Crippen molar-refractivity contribution in [3.8, 4) is 11.1 Å². The van der Waals surface area contributed by atoms with Gasteiger partial charge in [0.15, 0.2) is 0 Å². The van der Waals surface area contributed by atoms with Crippen LogP contribution >= 0.6 is 23.4 Å². The Morgan fingerprint density at radius 1 is 1.30 bits per heavy atom. The number of hydrogen-bond acceptors (Lipinski definition) is 6. The Kier molecular flexibility index (Phi) is 6.07. The molecule has 0 radical (unpaired) electrons. The molecule has 2 aliphatic rings. The van der Waals surface area contributed by atoms with Gasteiger partial charge >= 0.3 is 5.69 Å². The number of benzene rings is 2. The predicted octanol–water partition coefficient (Wildman–Crippen LogP) is 3.91. The molecular weight excluding hydrogens is 470 g/mol. The lowest BCUT2D eigenvalue weighted by Gasteiger charge is -2.35. The second-order valence-corrected chi connectivity index (χ2v) is 9.76. The van der Waals surface area contributed by atoms with Gasteiger partial charge in [0.2, 0.25) is 0 Å². The molecule has 33 heavy (non-hydrogen) atoms. The Bertz CT molecular complexity index is 1300. The molecule has 1 fully saturated rings. The van der Waals surface area contributed by atoms with Gasteiger partial charge in [-0.25, -0.2) is 13.6 Å². The summed E-state index contributed by atoms with van der Waals surface area (Å²) < 4.78 is 35.7. The number of hydrogen-bond donors (Lipinski definition) is 1. The van der Waals surface area contributed by atoms with E-state index in [-0.39, 0.29) is 23.4 Å². The number of anilines is 1. The average Bonchev–Trinajstić information content (AvgIpc) is 2.98. The maximum atomic E-state index is 14.9. The van der Waals surface area contributed by atoms with Crippen LogP contribution in [0.2, 0.25) is 5.02 Å². The van der Waals surface area contributed by atoms with E-state index in [0.717, 1.165) is 24.5 Å². The van der Waals surface area contributed by atoms with Gasteiger partial charge in [0.25, 0.3) is 0 Å². The van der Waals surface area contributed by atoms with Crippen molar-refractivity contribution in [3.63, 3.8) is 0 Å². The monoisotopic (exact) mass is 492 g/mol. The summed E-state index contributed by atoms with van der Waals surface area (Å²) in [6, 6.07) is 5.31. The molecule has 0 spiro atoms. The molecule has 174 valence electrons. The Morgan fingerprint density at radius 2 is 2.12 bits per heavy atom. The Hall–Kier alpha value is -2.20. The molecule has 10 heteroatoms. The van der Waals surface area contributed by atoms with Gasteiger partial charge < -0.3 is 15.0 Å². The summed E-state index contributed by atoms with van der Waals surface area (Å²) in [4.78, 5) is 20.5. The highest BCUT2D eigenvalue weighted by Gasteiger charge is 2.30. The maximum absolute atomic E-state index is 14.9. The largest absolute Gasteiger partial charge is 0.379 e. The van der Waals surface area contributed by atoms with Crippen LogP contribution in [-0.2, 0) is 11.3 Å². The van der Waals surface area contributed by atoms with Crippen molar-refractivity contribution in [1.29, 1.82) is 0 Å². The molecule has 0 saturated carbocycles. The number of ether oxygens (including phenoxy) is 1. The predicted molar refractivity (Wildman–Crippen MR) is 128 cm³/mol. The van der Waals surface area contributed by atoms with Crippen molar-refractivity contribution in [3.05, 3.63) is 51.4 Å². The zero-order chi connectivity index (χ0) is 23.3. The molecule has 6 nitrogen and oxygen atoms in total. The van der Waals surface area contributed by atoms with Crippen LogP contribution in [0.1, 0.15) is 6.92 Å². The number of nitrogens with zero attached hydrogens (tertiary/aromatic N) is 3. The number of piperazine rings is 1. The number of rotatable bonds is 3. The Labute approximate surface area is 198 Å². The molecule has 0 unspecified atom stereocenters. The number of aromatic nitrogens is 2. The van der Waals surface area contributed by atoms with E-state index < -0.39 is 11.6 Å². The number of methoxy groups -OCH3 is 1. The molecular formula is C23H23ClF2N4O2S. The van der Waals surface area contributed by atoms with E-state index in [9.17, 15) is 13.6 Å². The Morgan fingerprint density at radius 3 is 2.85 bits per heavy atom. The standard InChI is InChI=1S/C23H23ClF2N4O2S/c1-12-9-27-5-6-29(12)22-16-8-17(24)19(15-4-3-13(25)7-18(15)26)21-20(16)30(23(31)28-22)10-14(32-2)11-33-21/h3-4,7-8,12,14,27H,5-6,9-11H2,1-2H3/t12-,14-/m0/s1. The van der Waals surface area contributed by atoms with Gasteiger partial charge in [0.05, 0.1) is 23.2 Å². The molecule has 2 aliphatic heterocycles. The van der Waals surface area contributed by atoms with E-state index in [1.807, 2.05) is 0 Å². The van der Waals surface area contributed by atoms with Gasteiger partial charge in [0, 0.05) is 66.0 Å². The molecule has 1 N–H and O–H groups in total. The first-order chi connectivity index (χ1) is 15.9. The molecule has 0 bridgehead atoms. The Balaban J connectivity index is 1.85. The van der Waals surface area contributed by atoms with Crippen LogP contribution in [-0.4, -0.2) is 54.2 Å². The highest BCUT2D eigenvalue weighted by molar-refractivity contribution is 7.99. The van der Waals surface area contributed by atoms with Crippen LogP contribution in [0.5, 0.6) is 0 Å². The summed E-state index contributed by atoms with van der Waals surface area (Å²) in [5.41, 5.74) is 0.905. The minimum absolute atomic E-state index is 0.130. The van der Waals surface area contributed by atoms with Crippen molar-refractivity contribution in [2.45, 2.75) is 30.5 Å². The lowest BCUT2D eigenvalue weighted by molar-refractivity contribution is 0.107. The topological polar surface area (TPSA) is 59.4 Å². The van der Waals surface area contributed by atoms with Crippen molar-refractivity contribution in [2.24, 2.45) is 0 Å². The first-order valence-electron chi connectivity index (χ1n) is 10.7. The molecule has 5 rings (SSSR count). The molecule has 3 heterocycles. The third-order valence-corrected chi connectivity index (χ3v) is 7.78. The molecule has 3 aromatic rings. The number of thioether (sulfide) groups is 1. The van der Waals surface area contributed by atoms with Gasteiger partial charge in [-0.3, -0.25) is 4.57 Å². The second kappa shape index (κ2) is 8.87. The van der Waals surface area contributed by atoms with Crippen LogP contribution < -0.4 is 15.9 Å². The highest BCUT2D eigenvalue weighted by atomic mass is 35.5. The SMILES string of the molecule is CO[C@@H]1CSc2c(-c3ccc(F)cc3F)c(Cl)cc3c(N4CCNC[C@@H]4C)nc(=O)n(c23)C1. The summed E-state index contributed by atoms with van der Waals surface area (Å²) >= 11 is 8.23. The zero-order valence-corrected chi connectivity index (χ0v) is 19.8. The molecule has 2 atom stereocenters. The van der Waals surface area contributed by atoms with Crippen LogP contribution in [0.25, 0.3) is 22.0 Å².